The Morgan fingerprint density at radius 3 is 2.36 bits per heavy atom. The molecule has 2 saturated heterocycles. The molecule has 7 nitrogen and oxygen atoms in total. The van der Waals surface area contributed by atoms with E-state index in [0.717, 1.165) is 22.3 Å². The summed E-state index contributed by atoms with van der Waals surface area (Å²) in [7, 11) is 1.56. The number of benzene rings is 3. The number of rotatable bonds is 4. The fraction of sp³-hybridized carbons (Fsp3) is 0.241. The van der Waals surface area contributed by atoms with Gasteiger partial charge in [0, 0.05) is 5.56 Å². The molecule has 180 valence electrons. The Hall–Kier alpha value is -4.26. The number of carbonyl (C=O) groups is 3. The molecule has 6 rings (SSSR count). The highest BCUT2D eigenvalue weighted by molar-refractivity contribution is 6.25. The monoisotopic (exact) mass is 479 g/mol. The zero-order valence-corrected chi connectivity index (χ0v) is 20.2. The van der Waals surface area contributed by atoms with E-state index in [0.29, 0.717) is 17.0 Å². The van der Waals surface area contributed by atoms with Gasteiger partial charge in [0.15, 0.2) is 5.78 Å². The van der Waals surface area contributed by atoms with Crippen molar-refractivity contribution in [2.45, 2.75) is 25.9 Å². The van der Waals surface area contributed by atoms with Gasteiger partial charge >= 0.3 is 0 Å². The van der Waals surface area contributed by atoms with Gasteiger partial charge in [0.05, 0.1) is 36.9 Å². The van der Waals surface area contributed by atoms with Crippen LogP contribution in [-0.4, -0.2) is 42.0 Å². The van der Waals surface area contributed by atoms with Gasteiger partial charge in [-0.15, -0.1) is 0 Å². The molecule has 0 aromatic heterocycles. The summed E-state index contributed by atoms with van der Waals surface area (Å²) >= 11 is 0. The van der Waals surface area contributed by atoms with Gasteiger partial charge in [-0.25, -0.2) is 4.90 Å². The second-order valence-corrected chi connectivity index (χ2v) is 9.59. The van der Waals surface area contributed by atoms with E-state index in [-0.39, 0.29) is 17.6 Å². The quantitative estimate of drug-likeness (QED) is 0.416. The molecular formula is C29H25N3O4. The lowest BCUT2D eigenvalue weighted by Crippen LogP contribution is -2.44. The molecular weight excluding hydrogens is 454 g/mol. The Bertz CT molecular complexity index is 1450. The van der Waals surface area contributed by atoms with Gasteiger partial charge in [-0.2, -0.15) is 5.10 Å². The first kappa shape index (κ1) is 22.2. The van der Waals surface area contributed by atoms with E-state index in [1.165, 1.54) is 4.90 Å². The fourth-order valence-electron chi connectivity index (χ4n) is 5.89. The zero-order valence-electron chi connectivity index (χ0n) is 20.2. The average molecular weight is 480 g/mol. The van der Waals surface area contributed by atoms with Crippen molar-refractivity contribution >= 4 is 29.5 Å². The van der Waals surface area contributed by atoms with Gasteiger partial charge in [-0.05, 0) is 60.9 Å². The highest BCUT2D eigenvalue weighted by Crippen LogP contribution is 2.53. The van der Waals surface area contributed by atoms with Crippen LogP contribution >= 0.6 is 0 Å². The molecule has 36 heavy (non-hydrogen) atoms. The van der Waals surface area contributed by atoms with Crippen LogP contribution in [0.5, 0.6) is 5.75 Å². The number of ketones is 1. The molecule has 0 saturated carbocycles. The minimum absolute atomic E-state index is 0.240. The Balaban J connectivity index is 1.49. The van der Waals surface area contributed by atoms with Crippen LogP contribution < -0.4 is 9.64 Å². The van der Waals surface area contributed by atoms with Crippen LogP contribution in [0.1, 0.15) is 38.7 Å². The first-order valence-electron chi connectivity index (χ1n) is 12.0. The maximum atomic E-state index is 14.0. The van der Waals surface area contributed by atoms with Crippen molar-refractivity contribution in [2.24, 2.45) is 16.9 Å². The molecule has 7 heteroatoms. The smallest absolute Gasteiger partial charge is 0.240 e. The maximum Gasteiger partial charge on any atom is 0.240 e. The lowest BCUT2D eigenvalue weighted by molar-refractivity contribution is -0.124. The molecule has 0 N–H and O–H groups in total. The summed E-state index contributed by atoms with van der Waals surface area (Å²) in [6.07, 6.45) is 1.71. The predicted octanol–water partition coefficient (Wildman–Crippen LogP) is 4.07. The molecule has 3 aliphatic rings. The van der Waals surface area contributed by atoms with Crippen molar-refractivity contribution in [1.29, 1.82) is 0 Å². The Labute approximate surface area is 209 Å². The standard InChI is InChI=1S/C29H25N3O4/c1-16-8-13-22(17(2)14-16)31-28(34)23-24(29(31)35)26(27(33)18-9-11-20(36-3)12-10-18)32-25(23)21-7-5-4-6-19(21)15-30-32/h4-15,23-26H,1-3H3/t23-,24+,25?,26-/m0/s1. The zero-order chi connectivity index (χ0) is 25.1. The number of imide groups is 1. The van der Waals surface area contributed by atoms with Gasteiger partial charge in [0.1, 0.15) is 11.8 Å². The van der Waals surface area contributed by atoms with Crippen LogP contribution in [0.25, 0.3) is 0 Å². The van der Waals surface area contributed by atoms with Gasteiger partial charge in [0.25, 0.3) is 0 Å². The molecule has 3 aromatic rings. The summed E-state index contributed by atoms with van der Waals surface area (Å²) in [5.74, 6) is -1.82. The summed E-state index contributed by atoms with van der Waals surface area (Å²) in [4.78, 5) is 43.2. The van der Waals surface area contributed by atoms with E-state index < -0.39 is 23.9 Å². The number of aryl methyl sites for hydroxylation is 2. The van der Waals surface area contributed by atoms with E-state index in [9.17, 15) is 14.4 Å². The molecule has 2 fully saturated rings. The number of anilines is 1. The van der Waals surface area contributed by atoms with E-state index in [4.69, 9.17) is 4.74 Å². The lowest BCUT2D eigenvalue weighted by atomic mass is 9.83. The highest BCUT2D eigenvalue weighted by atomic mass is 16.5. The van der Waals surface area contributed by atoms with E-state index in [1.54, 1.807) is 42.6 Å². The minimum Gasteiger partial charge on any atom is -0.497 e. The van der Waals surface area contributed by atoms with Gasteiger partial charge in [-0.1, -0.05) is 42.0 Å². The third-order valence-corrected chi connectivity index (χ3v) is 7.53. The number of Topliss-reactive ketones (excluding diaryl/α,β-unsaturated/α-hetero) is 1. The van der Waals surface area contributed by atoms with E-state index in [2.05, 4.69) is 5.10 Å². The third kappa shape index (κ3) is 3.12. The van der Waals surface area contributed by atoms with Gasteiger partial charge in [-0.3, -0.25) is 19.4 Å². The van der Waals surface area contributed by atoms with Crippen LogP contribution in [-0.2, 0) is 9.59 Å². The molecule has 0 bridgehead atoms. The first-order valence-corrected chi connectivity index (χ1v) is 12.0. The van der Waals surface area contributed by atoms with Crippen LogP contribution in [0.3, 0.4) is 0 Å². The summed E-state index contributed by atoms with van der Waals surface area (Å²) in [5.41, 5.74) is 4.69. The summed E-state index contributed by atoms with van der Waals surface area (Å²) in [6, 6.07) is 18.8. The summed E-state index contributed by atoms with van der Waals surface area (Å²) in [6.45, 7) is 3.86. The number of fused-ring (bicyclic) bond motifs is 5. The predicted molar refractivity (Wildman–Crippen MR) is 135 cm³/mol. The van der Waals surface area contributed by atoms with E-state index in [1.807, 2.05) is 56.3 Å². The largest absolute Gasteiger partial charge is 0.497 e. The number of carbonyl (C=O) groups excluding carboxylic acids is 3. The van der Waals surface area contributed by atoms with Gasteiger partial charge < -0.3 is 4.74 Å². The number of methoxy groups -OCH3 is 1. The normalized spacial score (nSPS) is 24.0. The maximum absolute atomic E-state index is 14.0. The fourth-order valence-corrected chi connectivity index (χ4v) is 5.89. The average Bonchev–Trinajstić information content (AvgIpc) is 3.36. The Morgan fingerprint density at radius 2 is 1.64 bits per heavy atom. The molecule has 3 aliphatic heterocycles. The first-order chi connectivity index (χ1) is 17.4. The van der Waals surface area contributed by atoms with Crippen LogP contribution in [0, 0.1) is 25.7 Å². The number of hydrazone groups is 1. The molecule has 4 atom stereocenters. The molecule has 0 aliphatic carbocycles. The summed E-state index contributed by atoms with van der Waals surface area (Å²) < 4.78 is 5.23. The molecule has 2 amide bonds. The Morgan fingerprint density at radius 1 is 0.917 bits per heavy atom. The molecule has 0 radical (unpaired) electrons. The van der Waals surface area contributed by atoms with Crippen molar-refractivity contribution in [3.8, 4) is 5.75 Å². The lowest BCUT2D eigenvalue weighted by Gasteiger charge is -2.34. The molecule has 0 spiro atoms. The SMILES string of the molecule is COc1ccc(C(=O)[C@@H]2[C@@H]3C(=O)N(c4ccc(C)cc4C)C(=O)[C@@H]3C3c4ccccc4C=NN32)cc1. The number of amides is 2. The van der Waals surface area contributed by atoms with Crippen molar-refractivity contribution < 1.29 is 19.1 Å². The number of nitrogens with zero attached hydrogens (tertiary/aromatic N) is 3. The van der Waals surface area contributed by atoms with Crippen LogP contribution in [0.4, 0.5) is 5.69 Å². The minimum atomic E-state index is -0.898. The number of hydrogen-bond donors (Lipinski definition) is 0. The number of ether oxygens (including phenoxy) is 1. The van der Waals surface area contributed by atoms with Crippen molar-refractivity contribution in [1.82, 2.24) is 5.01 Å². The van der Waals surface area contributed by atoms with Crippen LogP contribution in [0.15, 0.2) is 71.8 Å². The Kier molecular flexibility index (Phi) is 5.03. The van der Waals surface area contributed by atoms with Gasteiger partial charge in [0.2, 0.25) is 11.8 Å². The highest BCUT2D eigenvalue weighted by Gasteiger charge is 2.65. The van der Waals surface area contributed by atoms with Crippen LogP contribution in [0.2, 0.25) is 0 Å². The second kappa shape index (κ2) is 8.16. The number of hydrogen-bond acceptors (Lipinski definition) is 6. The van der Waals surface area contributed by atoms with Crippen molar-refractivity contribution in [3.63, 3.8) is 0 Å². The third-order valence-electron chi connectivity index (χ3n) is 7.53. The second-order valence-electron chi connectivity index (χ2n) is 9.59. The summed E-state index contributed by atoms with van der Waals surface area (Å²) in [5, 5.41) is 6.29. The molecule has 3 heterocycles. The molecule has 3 aromatic carbocycles. The molecule has 1 unspecified atom stereocenters. The van der Waals surface area contributed by atoms with E-state index >= 15 is 0 Å². The van der Waals surface area contributed by atoms with Crippen molar-refractivity contribution in [2.75, 3.05) is 12.0 Å². The van der Waals surface area contributed by atoms with Crippen molar-refractivity contribution in [3.05, 3.63) is 94.5 Å². The topological polar surface area (TPSA) is 79.3 Å².